The second kappa shape index (κ2) is 9.86. The summed E-state index contributed by atoms with van der Waals surface area (Å²) in [5.41, 5.74) is 1.18. The molecule has 0 radical (unpaired) electrons. The minimum Gasteiger partial charge on any atom is -0.435 e. The molecule has 0 bridgehead atoms. The first-order valence-corrected chi connectivity index (χ1v) is 10.9. The highest BCUT2D eigenvalue weighted by molar-refractivity contribution is 5.97. The van der Waals surface area contributed by atoms with Gasteiger partial charge in [-0.1, -0.05) is 20.8 Å². The summed E-state index contributed by atoms with van der Waals surface area (Å²) >= 11 is 0. The molecule has 1 aliphatic rings. The van der Waals surface area contributed by atoms with Gasteiger partial charge in [-0.25, -0.2) is 4.98 Å². The van der Waals surface area contributed by atoms with E-state index in [0.29, 0.717) is 24.5 Å². The van der Waals surface area contributed by atoms with Crippen LogP contribution in [0.4, 0.5) is 8.78 Å². The van der Waals surface area contributed by atoms with Gasteiger partial charge in [0.05, 0.1) is 5.69 Å². The van der Waals surface area contributed by atoms with Gasteiger partial charge in [0.2, 0.25) is 5.91 Å². The molecule has 8 nitrogen and oxygen atoms in total. The van der Waals surface area contributed by atoms with Gasteiger partial charge in [0.15, 0.2) is 5.69 Å². The van der Waals surface area contributed by atoms with Crippen molar-refractivity contribution in [3.63, 3.8) is 0 Å². The first kappa shape index (κ1) is 24.6. The molecule has 2 heterocycles. The Morgan fingerprint density at radius 1 is 1.15 bits per heavy atom. The van der Waals surface area contributed by atoms with Crippen molar-refractivity contribution in [2.45, 2.75) is 52.9 Å². The average Bonchev–Trinajstić information content (AvgIpc) is 2.97. The largest absolute Gasteiger partial charge is 0.435 e. The van der Waals surface area contributed by atoms with Crippen LogP contribution in [-0.2, 0) is 17.9 Å². The lowest BCUT2D eigenvalue weighted by molar-refractivity contribution is -0.124. The smallest absolute Gasteiger partial charge is 0.387 e. The van der Waals surface area contributed by atoms with Gasteiger partial charge in [-0.15, -0.1) is 0 Å². The number of amides is 2. The van der Waals surface area contributed by atoms with Crippen molar-refractivity contribution < 1.29 is 23.1 Å². The number of fused-ring (bicyclic) bond motifs is 1. The van der Waals surface area contributed by atoms with Crippen LogP contribution in [-0.4, -0.2) is 59.6 Å². The molecule has 2 amide bonds. The number of benzene rings is 1. The highest BCUT2D eigenvalue weighted by Gasteiger charge is 2.34. The minimum absolute atomic E-state index is 0.0488. The van der Waals surface area contributed by atoms with Gasteiger partial charge in [-0.3, -0.25) is 9.59 Å². The summed E-state index contributed by atoms with van der Waals surface area (Å²) in [5.74, 6) is -0.0939. The molecule has 0 spiro atoms. The lowest BCUT2D eigenvalue weighted by Gasteiger charge is -2.29. The number of hydrogen-bond donors (Lipinski definition) is 2. The van der Waals surface area contributed by atoms with Crippen molar-refractivity contribution in [1.82, 2.24) is 25.1 Å². The lowest BCUT2D eigenvalue weighted by Crippen LogP contribution is -2.53. The van der Waals surface area contributed by atoms with Gasteiger partial charge in [0, 0.05) is 25.7 Å². The summed E-state index contributed by atoms with van der Waals surface area (Å²) in [4.78, 5) is 32.5. The summed E-state index contributed by atoms with van der Waals surface area (Å²) < 4.78 is 31.4. The number of nitrogens with zero attached hydrogens (tertiary/aromatic N) is 3. The van der Waals surface area contributed by atoms with Crippen LogP contribution in [0.5, 0.6) is 5.75 Å². The van der Waals surface area contributed by atoms with E-state index in [9.17, 15) is 18.4 Å². The van der Waals surface area contributed by atoms with Crippen molar-refractivity contribution >= 4 is 11.8 Å². The lowest BCUT2D eigenvalue weighted by atomic mass is 9.86. The van der Waals surface area contributed by atoms with Gasteiger partial charge in [-0.05, 0) is 49.7 Å². The molecule has 0 unspecified atom stereocenters. The number of halogens is 2. The van der Waals surface area contributed by atoms with E-state index in [1.807, 2.05) is 32.4 Å². The molecule has 10 heteroatoms. The third-order valence-corrected chi connectivity index (χ3v) is 5.62. The SMILES string of the molecule is CNC(=O)[C@@H](NC(=O)c1nc(-c2ccc(OC(F)F)cc2)n2c1CN(C)CCC2)C(C)(C)C. The fourth-order valence-corrected chi connectivity index (χ4v) is 3.93. The topological polar surface area (TPSA) is 88.5 Å². The Kier molecular flexibility index (Phi) is 7.36. The summed E-state index contributed by atoms with van der Waals surface area (Å²) in [6.07, 6.45) is 0.864. The van der Waals surface area contributed by atoms with E-state index in [-0.39, 0.29) is 17.4 Å². The number of aromatic nitrogens is 2. The van der Waals surface area contributed by atoms with Crippen LogP contribution in [0.25, 0.3) is 11.4 Å². The minimum atomic E-state index is -2.90. The van der Waals surface area contributed by atoms with Crippen LogP contribution in [0, 0.1) is 5.41 Å². The molecule has 0 aliphatic carbocycles. The number of alkyl halides is 2. The highest BCUT2D eigenvalue weighted by atomic mass is 19.3. The Labute approximate surface area is 192 Å². The maximum atomic E-state index is 13.3. The van der Waals surface area contributed by atoms with E-state index < -0.39 is 24.0 Å². The molecule has 33 heavy (non-hydrogen) atoms. The number of carbonyl (C=O) groups is 2. The first-order chi connectivity index (χ1) is 15.5. The van der Waals surface area contributed by atoms with Crippen molar-refractivity contribution in [2.24, 2.45) is 5.41 Å². The number of ether oxygens (including phenoxy) is 1. The molecule has 1 aromatic heterocycles. The van der Waals surface area contributed by atoms with Gasteiger partial charge in [-0.2, -0.15) is 8.78 Å². The number of nitrogens with one attached hydrogen (secondary N) is 2. The molecule has 180 valence electrons. The van der Waals surface area contributed by atoms with Gasteiger partial charge < -0.3 is 24.8 Å². The molecule has 2 N–H and O–H groups in total. The first-order valence-electron chi connectivity index (χ1n) is 10.9. The number of likely N-dealkylation sites (N-methyl/N-ethyl adjacent to an activating group) is 1. The van der Waals surface area contributed by atoms with Crippen LogP contribution in [0.15, 0.2) is 24.3 Å². The Bertz CT molecular complexity index is 999. The monoisotopic (exact) mass is 463 g/mol. The van der Waals surface area contributed by atoms with Crippen molar-refractivity contribution in [3.05, 3.63) is 35.7 Å². The second-order valence-electron chi connectivity index (χ2n) is 9.26. The predicted octanol–water partition coefficient (Wildman–Crippen LogP) is 2.88. The van der Waals surface area contributed by atoms with Gasteiger partial charge in [0.1, 0.15) is 17.6 Å². The third-order valence-electron chi connectivity index (χ3n) is 5.62. The van der Waals surface area contributed by atoms with E-state index >= 15 is 0 Å². The van der Waals surface area contributed by atoms with Crippen LogP contribution < -0.4 is 15.4 Å². The number of carbonyl (C=O) groups excluding carboxylic acids is 2. The highest BCUT2D eigenvalue weighted by Crippen LogP contribution is 2.28. The maximum absolute atomic E-state index is 13.3. The summed E-state index contributed by atoms with van der Waals surface area (Å²) in [7, 11) is 3.51. The van der Waals surface area contributed by atoms with E-state index in [4.69, 9.17) is 0 Å². The standard InChI is InChI=1S/C23H31F2N5O3/c1-23(2,3)18(21(32)26-4)28-20(31)17-16-13-29(5)11-6-12-30(16)19(27-17)14-7-9-15(10-8-14)33-22(24)25/h7-10,18,22H,6,11-13H2,1-5H3,(H,26,32)(H,28,31)/t18-/m1/s1. The van der Waals surface area contributed by atoms with Crippen LogP contribution in [0.2, 0.25) is 0 Å². The molecular weight excluding hydrogens is 432 g/mol. The molecule has 0 saturated carbocycles. The molecule has 0 saturated heterocycles. The van der Waals surface area contributed by atoms with Crippen LogP contribution >= 0.6 is 0 Å². The zero-order chi connectivity index (χ0) is 24.3. The quantitative estimate of drug-likeness (QED) is 0.688. The van der Waals surface area contributed by atoms with Crippen molar-refractivity contribution in [2.75, 3.05) is 20.6 Å². The summed E-state index contributed by atoms with van der Waals surface area (Å²) in [5, 5.41) is 5.46. The molecule has 3 rings (SSSR count). The van der Waals surface area contributed by atoms with E-state index in [1.54, 1.807) is 12.1 Å². The van der Waals surface area contributed by atoms with E-state index in [1.165, 1.54) is 19.2 Å². The summed E-state index contributed by atoms with van der Waals surface area (Å²) in [6, 6.07) is 5.45. The number of hydrogen-bond acceptors (Lipinski definition) is 5. The molecular formula is C23H31F2N5O3. The van der Waals surface area contributed by atoms with Crippen LogP contribution in [0.1, 0.15) is 43.4 Å². The Hall–Kier alpha value is -3.01. The molecule has 0 fully saturated rings. The zero-order valence-corrected chi connectivity index (χ0v) is 19.6. The average molecular weight is 464 g/mol. The molecule has 1 atom stereocenters. The predicted molar refractivity (Wildman–Crippen MR) is 120 cm³/mol. The van der Waals surface area contributed by atoms with E-state index in [0.717, 1.165) is 18.7 Å². The summed E-state index contributed by atoms with van der Waals surface area (Å²) in [6.45, 7) is 4.76. The van der Waals surface area contributed by atoms with E-state index in [2.05, 4.69) is 25.3 Å². The Morgan fingerprint density at radius 2 is 1.82 bits per heavy atom. The second-order valence-corrected chi connectivity index (χ2v) is 9.26. The van der Waals surface area contributed by atoms with Crippen molar-refractivity contribution in [3.8, 4) is 17.1 Å². The fourth-order valence-electron chi connectivity index (χ4n) is 3.93. The van der Waals surface area contributed by atoms with Gasteiger partial charge in [0.25, 0.3) is 5.91 Å². The zero-order valence-electron chi connectivity index (χ0n) is 19.6. The molecule has 1 aliphatic heterocycles. The van der Waals surface area contributed by atoms with Gasteiger partial charge >= 0.3 is 6.61 Å². The van der Waals surface area contributed by atoms with Crippen molar-refractivity contribution in [1.29, 1.82) is 0 Å². The number of rotatable bonds is 6. The fraction of sp³-hybridized carbons (Fsp3) is 0.522. The third kappa shape index (κ3) is 5.68. The Balaban J connectivity index is 2.01. The molecule has 2 aromatic rings. The van der Waals surface area contributed by atoms with Crippen LogP contribution in [0.3, 0.4) is 0 Å². The normalized spacial score (nSPS) is 15.5. The Morgan fingerprint density at radius 3 is 2.39 bits per heavy atom. The molecule has 1 aromatic carbocycles. The maximum Gasteiger partial charge on any atom is 0.387 e. The number of imidazole rings is 1.